The van der Waals surface area contributed by atoms with Crippen molar-refractivity contribution in [1.29, 1.82) is 0 Å². The molecule has 1 aromatic rings. The molecule has 0 bridgehead atoms. The van der Waals surface area contributed by atoms with E-state index in [1.807, 2.05) is 6.07 Å². The van der Waals surface area contributed by atoms with Gasteiger partial charge in [0.2, 0.25) is 0 Å². The van der Waals surface area contributed by atoms with Gasteiger partial charge in [-0.1, -0.05) is 30.7 Å². The zero-order valence-electron chi connectivity index (χ0n) is 16.4. The zero-order valence-corrected chi connectivity index (χ0v) is 17.2. The van der Waals surface area contributed by atoms with Gasteiger partial charge in [-0.05, 0) is 79.5 Å². The van der Waals surface area contributed by atoms with Crippen LogP contribution >= 0.6 is 11.6 Å². The normalized spacial score (nSPS) is 36.4. The summed E-state index contributed by atoms with van der Waals surface area (Å²) in [5, 5.41) is 20.1. The molecule has 1 unspecified atom stereocenters. The zero-order chi connectivity index (χ0) is 22.1. The first-order chi connectivity index (χ1) is 13.9. The molecule has 0 heterocycles. The van der Waals surface area contributed by atoms with E-state index in [0.29, 0.717) is 19.3 Å². The van der Waals surface area contributed by atoms with Crippen molar-refractivity contribution in [3.63, 3.8) is 0 Å². The number of aliphatic hydroxyl groups is 1. The van der Waals surface area contributed by atoms with E-state index in [4.69, 9.17) is 11.6 Å². The van der Waals surface area contributed by atoms with Crippen LogP contribution in [0.1, 0.15) is 56.1 Å². The van der Waals surface area contributed by atoms with Crippen molar-refractivity contribution >= 4 is 11.6 Å². The third kappa shape index (κ3) is 2.63. The van der Waals surface area contributed by atoms with Crippen LogP contribution in [0.3, 0.4) is 0 Å². The molecule has 4 rings (SSSR count). The van der Waals surface area contributed by atoms with E-state index >= 15 is 0 Å². The number of allylic oxidation sites excluding steroid dienone is 1. The van der Waals surface area contributed by atoms with Gasteiger partial charge >= 0.3 is 12.1 Å². The van der Waals surface area contributed by atoms with Gasteiger partial charge in [0.05, 0.1) is 5.03 Å². The highest BCUT2D eigenvalue weighted by Crippen LogP contribution is 2.69. The van der Waals surface area contributed by atoms with Crippen LogP contribution in [-0.2, 0) is 6.42 Å². The standard InChI is InChI=1S/C22H24ClF5O2/c1-2-19-10-9-15-14-6-4-13(29)11-12(14)3-5-16(15)17(19)7-8-18(23)20(19,30)21(24,25)22(26,27)28/h4,6,8,11,15-17,29-30H,2-3,5,7,9-10H2,1H3/t15-,16-,17+,19+,20?/m1/s1. The number of aryl methyl sites for hydroxylation is 1. The van der Waals surface area contributed by atoms with E-state index in [1.54, 1.807) is 19.1 Å². The summed E-state index contributed by atoms with van der Waals surface area (Å²) >= 11 is 5.98. The molecule has 1 saturated carbocycles. The van der Waals surface area contributed by atoms with Crippen LogP contribution in [-0.4, -0.2) is 27.9 Å². The number of halogens is 6. The Morgan fingerprint density at radius 3 is 2.50 bits per heavy atom. The Morgan fingerprint density at radius 2 is 1.87 bits per heavy atom. The van der Waals surface area contributed by atoms with E-state index in [0.717, 1.165) is 17.2 Å². The Kier molecular flexibility index (Phi) is 4.98. The number of aromatic hydroxyl groups is 1. The molecule has 1 fully saturated rings. The summed E-state index contributed by atoms with van der Waals surface area (Å²) in [5.74, 6) is -5.92. The van der Waals surface area contributed by atoms with Gasteiger partial charge in [0, 0.05) is 5.41 Å². The molecule has 0 saturated heterocycles. The lowest BCUT2D eigenvalue weighted by Gasteiger charge is -2.62. The Hall–Kier alpha value is -1.34. The minimum atomic E-state index is -5.92. The third-order valence-corrected chi connectivity index (χ3v) is 8.40. The minimum absolute atomic E-state index is 0.00643. The molecule has 2 N–H and O–H groups in total. The number of fused-ring (bicyclic) bond motifs is 5. The predicted octanol–water partition coefficient (Wildman–Crippen LogP) is 6.30. The number of phenols is 1. The van der Waals surface area contributed by atoms with Crippen LogP contribution in [0.5, 0.6) is 5.75 Å². The molecule has 1 aromatic carbocycles. The summed E-state index contributed by atoms with van der Waals surface area (Å²) in [5.41, 5.74) is -3.16. The first-order valence-electron chi connectivity index (χ1n) is 10.3. The molecule has 30 heavy (non-hydrogen) atoms. The van der Waals surface area contributed by atoms with E-state index in [1.165, 1.54) is 0 Å². The number of phenolic OH excluding ortho intramolecular Hbond substituents is 1. The van der Waals surface area contributed by atoms with Crippen molar-refractivity contribution in [1.82, 2.24) is 0 Å². The predicted molar refractivity (Wildman–Crippen MR) is 103 cm³/mol. The van der Waals surface area contributed by atoms with Crippen LogP contribution in [0.2, 0.25) is 0 Å². The molecule has 0 aliphatic heterocycles. The Labute approximate surface area is 176 Å². The molecule has 3 aliphatic rings. The fourth-order valence-electron chi connectivity index (χ4n) is 6.61. The molecule has 5 atom stereocenters. The summed E-state index contributed by atoms with van der Waals surface area (Å²) in [7, 11) is 0. The summed E-state index contributed by atoms with van der Waals surface area (Å²) in [4.78, 5) is 0. The van der Waals surface area contributed by atoms with Gasteiger partial charge < -0.3 is 10.2 Å². The van der Waals surface area contributed by atoms with Gasteiger partial charge in [-0.3, -0.25) is 0 Å². The Morgan fingerprint density at radius 1 is 1.17 bits per heavy atom. The van der Waals surface area contributed by atoms with Crippen LogP contribution in [0.15, 0.2) is 29.3 Å². The number of hydrogen-bond donors (Lipinski definition) is 2. The number of benzene rings is 1. The van der Waals surface area contributed by atoms with E-state index in [-0.39, 0.29) is 36.8 Å². The van der Waals surface area contributed by atoms with Crippen LogP contribution < -0.4 is 0 Å². The maximum atomic E-state index is 14.8. The molecule has 8 heteroatoms. The molecule has 2 nitrogen and oxygen atoms in total. The van der Waals surface area contributed by atoms with Gasteiger partial charge in [-0.25, -0.2) is 0 Å². The van der Waals surface area contributed by atoms with Crippen molar-refractivity contribution in [3.05, 3.63) is 40.4 Å². The minimum Gasteiger partial charge on any atom is -0.508 e. The van der Waals surface area contributed by atoms with Gasteiger partial charge in [-0.2, -0.15) is 22.0 Å². The fourth-order valence-corrected chi connectivity index (χ4v) is 7.01. The molecule has 0 amide bonds. The third-order valence-electron chi connectivity index (χ3n) is 7.98. The number of rotatable bonds is 2. The topological polar surface area (TPSA) is 40.5 Å². The number of alkyl halides is 5. The SMILES string of the molecule is CC[C@]12CC[C@@H]3c4ccc(O)cc4CC[C@H]3[C@@H]1CC=C(Cl)C2(O)C(F)(F)C(F)(F)F. The van der Waals surface area contributed by atoms with E-state index in [2.05, 4.69) is 0 Å². The highest BCUT2D eigenvalue weighted by molar-refractivity contribution is 6.31. The summed E-state index contributed by atoms with van der Waals surface area (Å²) < 4.78 is 70.0. The molecule has 166 valence electrons. The molecular weight excluding hydrogens is 427 g/mol. The van der Waals surface area contributed by atoms with Crippen LogP contribution in [0.25, 0.3) is 0 Å². The summed E-state index contributed by atoms with van der Waals surface area (Å²) in [6.07, 6.45) is -2.93. The molecule has 0 spiro atoms. The lowest BCUT2D eigenvalue weighted by Crippen LogP contribution is -2.70. The van der Waals surface area contributed by atoms with E-state index in [9.17, 15) is 32.2 Å². The average Bonchev–Trinajstić information content (AvgIpc) is 2.68. The van der Waals surface area contributed by atoms with Crippen molar-refractivity contribution in [2.45, 2.75) is 69.1 Å². The highest BCUT2D eigenvalue weighted by atomic mass is 35.5. The van der Waals surface area contributed by atoms with Gasteiger partial charge in [0.25, 0.3) is 0 Å². The van der Waals surface area contributed by atoms with Crippen molar-refractivity contribution in [3.8, 4) is 5.75 Å². The first-order valence-corrected chi connectivity index (χ1v) is 10.6. The maximum Gasteiger partial charge on any atom is 0.456 e. The smallest absolute Gasteiger partial charge is 0.456 e. The van der Waals surface area contributed by atoms with Crippen LogP contribution in [0.4, 0.5) is 22.0 Å². The second-order valence-electron chi connectivity index (χ2n) is 8.92. The van der Waals surface area contributed by atoms with Crippen molar-refractivity contribution < 1.29 is 32.2 Å². The largest absolute Gasteiger partial charge is 0.508 e. The Balaban J connectivity index is 1.83. The molecule has 3 aliphatic carbocycles. The average molecular weight is 451 g/mol. The monoisotopic (exact) mass is 450 g/mol. The Bertz CT molecular complexity index is 883. The first kappa shape index (κ1) is 21.9. The second-order valence-corrected chi connectivity index (χ2v) is 9.32. The summed E-state index contributed by atoms with van der Waals surface area (Å²) in [6.45, 7) is 1.56. The quantitative estimate of drug-likeness (QED) is 0.519. The van der Waals surface area contributed by atoms with E-state index < -0.39 is 34.1 Å². The highest BCUT2D eigenvalue weighted by Gasteiger charge is 2.79. The van der Waals surface area contributed by atoms with Crippen molar-refractivity contribution in [2.75, 3.05) is 0 Å². The molecule has 0 aromatic heterocycles. The van der Waals surface area contributed by atoms with Gasteiger partial charge in [0.1, 0.15) is 5.75 Å². The van der Waals surface area contributed by atoms with Crippen LogP contribution in [0, 0.1) is 17.3 Å². The van der Waals surface area contributed by atoms with Gasteiger partial charge in [-0.15, -0.1) is 0 Å². The molecule has 0 radical (unpaired) electrons. The summed E-state index contributed by atoms with van der Waals surface area (Å²) in [6, 6.07) is 5.09. The molecular formula is C22H24ClF5O2. The second kappa shape index (κ2) is 6.83. The maximum absolute atomic E-state index is 14.8. The lowest BCUT2D eigenvalue weighted by molar-refractivity contribution is -0.363. The van der Waals surface area contributed by atoms with Gasteiger partial charge in [0.15, 0.2) is 5.60 Å². The number of hydrogen-bond acceptors (Lipinski definition) is 2. The lowest BCUT2D eigenvalue weighted by atomic mass is 9.45. The fraction of sp³-hybridized carbons (Fsp3) is 0.636. The van der Waals surface area contributed by atoms with Crippen molar-refractivity contribution in [2.24, 2.45) is 17.3 Å².